The second kappa shape index (κ2) is 13.3. The molecular weight excluding hydrogens is 524 g/mol. The Labute approximate surface area is 237 Å². The number of imidazole rings is 1. The highest BCUT2D eigenvalue weighted by atomic mass is 32.1. The number of fused-ring (bicyclic) bond motifs is 3. The van der Waals surface area contributed by atoms with E-state index in [9.17, 15) is 4.79 Å². The molecule has 0 bridgehead atoms. The second-order valence-electron chi connectivity index (χ2n) is 9.35. The first-order chi connectivity index (χ1) is 19.7. The average molecular weight is 559 g/mol. The fraction of sp³-hybridized carbons (Fsp3) is 0.312. The molecule has 3 aromatic carbocycles. The normalized spacial score (nSPS) is 11.8. The molecule has 0 fully saturated rings. The molecule has 5 rings (SSSR count). The summed E-state index contributed by atoms with van der Waals surface area (Å²) in [4.78, 5) is 18.4. The van der Waals surface area contributed by atoms with E-state index in [2.05, 4.69) is 11.9 Å². The van der Waals surface area contributed by atoms with E-state index in [1.165, 1.54) is 30.6 Å². The van der Waals surface area contributed by atoms with Crippen LogP contribution in [0.4, 0.5) is 0 Å². The Hall–Kier alpha value is -4.04. The summed E-state index contributed by atoms with van der Waals surface area (Å²) in [6.07, 6.45) is 6.61. The molecule has 0 spiro atoms. The number of para-hydroxylation sites is 2. The summed E-state index contributed by atoms with van der Waals surface area (Å²) in [5, 5.41) is 0. The van der Waals surface area contributed by atoms with Gasteiger partial charge in [0.1, 0.15) is 24.7 Å². The van der Waals surface area contributed by atoms with Crippen molar-refractivity contribution in [2.24, 2.45) is 0 Å². The highest BCUT2D eigenvalue weighted by Crippen LogP contribution is 2.29. The molecule has 0 atom stereocenters. The zero-order valence-electron chi connectivity index (χ0n) is 22.9. The van der Waals surface area contributed by atoms with Crippen LogP contribution in [0.1, 0.15) is 45.1 Å². The molecule has 5 aromatic rings. The van der Waals surface area contributed by atoms with Crippen molar-refractivity contribution in [2.75, 3.05) is 26.4 Å². The maximum Gasteiger partial charge on any atom is 0.274 e. The van der Waals surface area contributed by atoms with Gasteiger partial charge in [0.25, 0.3) is 5.56 Å². The lowest BCUT2D eigenvalue weighted by Gasteiger charge is -2.13. The van der Waals surface area contributed by atoms with Crippen molar-refractivity contribution in [1.82, 2.24) is 9.38 Å². The SMILES string of the molecule is CCCCCCOc1ccc(OCCOc2ccc(/C=c3\sc4nc5ccccc5n4c3=O)cc2OCC)cc1. The molecule has 2 heterocycles. The van der Waals surface area contributed by atoms with Crippen LogP contribution in [-0.4, -0.2) is 35.8 Å². The Morgan fingerprint density at radius 2 is 1.55 bits per heavy atom. The first-order valence-corrected chi connectivity index (χ1v) is 14.6. The molecule has 0 amide bonds. The Balaban J connectivity index is 1.19. The predicted molar refractivity (Wildman–Crippen MR) is 160 cm³/mol. The van der Waals surface area contributed by atoms with Gasteiger partial charge in [-0.3, -0.25) is 4.79 Å². The molecule has 0 unspecified atom stereocenters. The minimum absolute atomic E-state index is 0.0734. The van der Waals surface area contributed by atoms with Gasteiger partial charge in [0.15, 0.2) is 16.5 Å². The fourth-order valence-corrected chi connectivity index (χ4v) is 5.41. The van der Waals surface area contributed by atoms with E-state index in [0.717, 1.165) is 41.1 Å². The summed E-state index contributed by atoms with van der Waals surface area (Å²) in [6, 6.07) is 21.0. The summed E-state index contributed by atoms with van der Waals surface area (Å²) >= 11 is 1.38. The van der Waals surface area contributed by atoms with Gasteiger partial charge in [-0.25, -0.2) is 9.38 Å². The molecule has 0 aliphatic rings. The highest BCUT2D eigenvalue weighted by molar-refractivity contribution is 7.15. The van der Waals surface area contributed by atoms with Crippen LogP contribution in [0.25, 0.3) is 22.1 Å². The minimum atomic E-state index is -0.0734. The minimum Gasteiger partial charge on any atom is -0.494 e. The van der Waals surface area contributed by atoms with Crippen LogP contribution in [0, 0.1) is 0 Å². The van der Waals surface area contributed by atoms with E-state index in [0.29, 0.717) is 40.8 Å². The van der Waals surface area contributed by atoms with E-state index in [1.54, 1.807) is 4.40 Å². The van der Waals surface area contributed by atoms with Gasteiger partial charge >= 0.3 is 0 Å². The second-order valence-corrected chi connectivity index (χ2v) is 10.4. The van der Waals surface area contributed by atoms with Crippen molar-refractivity contribution in [2.45, 2.75) is 39.5 Å². The summed E-state index contributed by atoms with van der Waals surface area (Å²) in [6.45, 7) is 6.11. The van der Waals surface area contributed by atoms with Gasteiger partial charge in [-0.15, -0.1) is 0 Å². The molecule has 0 saturated carbocycles. The molecule has 0 aliphatic heterocycles. The van der Waals surface area contributed by atoms with Gasteiger partial charge in [-0.1, -0.05) is 55.7 Å². The molecule has 8 heteroatoms. The third kappa shape index (κ3) is 6.57. The van der Waals surface area contributed by atoms with Gasteiger partial charge in [-0.05, 0) is 73.5 Å². The summed E-state index contributed by atoms with van der Waals surface area (Å²) in [5.74, 6) is 2.87. The Morgan fingerprint density at radius 1 is 0.800 bits per heavy atom. The number of unbranched alkanes of at least 4 members (excludes halogenated alkanes) is 3. The number of rotatable bonds is 14. The van der Waals surface area contributed by atoms with E-state index < -0.39 is 0 Å². The molecule has 208 valence electrons. The highest BCUT2D eigenvalue weighted by Gasteiger charge is 2.11. The molecule has 7 nitrogen and oxygen atoms in total. The van der Waals surface area contributed by atoms with E-state index in [-0.39, 0.29) is 5.56 Å². The lowest BCUT2D eigenvalue weighted by molar-refractivity contribution is 0.208. The Kier molecular flexibility index (Phi) is 9.18. The van der Waals surface area contributed by atoms with Gasteiger partial charge in [-0.2, -0.15) is 0 Å². The molecular formula is C32H34N2O5S. The van der Waals surface area contributed by atoms with Crippen molar-refractivity contribution in [3.8, 4) is 23.0 Å². The number of ether oxygens (including phenoxy) is 4. The molecule has 0 saturated heterocycles. The number of aromatic nitrogens is 2. The lowest BCUT2D eigenvalue weighted by Crippen LogP contribution is -2.22. The zero-order valence-corrected chi connectivity index (χ0v) is 23.7. The van der Waals surface area contributed by atoms with Crippen molar-refractivity contribution >= 4 is 33.4 Å². The molecule has 2 aromatic heterocycles. The monoisotopic (exact) mass is 558 g/mol. The third-order valence-electron chi connectivity index (χ3n) is 6.41. The largest absolute Gasteiger partial charge is 0.494 e. The molecule has 40 heavy (non-hydrogen) atoms. The third-order valence-corrected chi connectivity index (χ3v) is 7.38. The number of thiazole rings is 1. The maximum atomic E-state index is 13.1. The van der Waals surface area contributed by atoms with Crippen molar-refractivity contribution in [3.05, 3.63) is 87.2 Å². The summed E-state index contributed by atoms with van der Waals surface area (Å²) < 4.78 is 25.7. The van der Waals surface area contributed by atoms with Crippen molar-refractivity contribution in [3.63, 3.8) is 0 Å². The van der Waals surface area contributed by atoms with Crippen LogP contribution in [0.15, 0.2) is 71.5 Å². The quantitative estimate of drug-likeness (QED) is 0.150. The number of benzene rings is 3. The first kappa shape index (κ1) is 27.5. The first-order valence-electron chi connectivity index (χ1n) is 13.8. The lowest BCUT2D eigenvalue weighted by atomic mass is 10.2. The topological polar surface area (TPSA) is 71.3 Å². The van der Waals surface area contributed by atoms with Crippen LogP contribution < -0.4 is 29.0 Å². The molecule has 0 radical (unpaired) electrons. The zero-order chi connectivity index (χ0) is 27.7. The van der Waals surface area contributed by atoms with E-state index >= 15 is 0 Å². The fourth-order valence-electron chi connectivity index (χ4n) is 4.43. The Bertz CT molecular complexity index is 1660. The van der Waals surface area contributed by atoms with Crippen LogP contribution in [0.2, 0.25) is 0 Å². The van der Waals surface area contributed by atoms with Gasteiger partial charge in [0.05, 0.1) is 28.8 Å². The van der Waals surface area contributed by atoms with Crippen LogP contribution in [0.5, 0.6) is 23.0 Å². The smallest absolute Gasteiger partial charge is 0.274 e. The van der Waals surface area contributed by atoms with Gasteiger partial charge in [0.2, 0.25) is 0 Å². The van der Waals surface area contributed by atoms with E-state index in [4.69, 9.17) is 18.9 Å². The maximum absolute atomic E-state index is 13.1. The summed E-state index contributed by atoms with van der Waals surface area (Å²) in [5.41, 5.74) is 2.42. The standard InChI is InChI=1S/C32H34N2O5S/c1-3-5-6-9-18-37-24-13-15-25(16-14-24)38-19-20-39-28-17-12-23(21-29(28)36-4-2)22-30-31(35)34-27-11-8-7-10-26(27)33-32(34)40-30/h7-8,10-17,21-22H,3-6,9,18-20H2,1-2H3/b30-22-. The number of hydrogen-bond donors (Lipinski definition) is 0. The van der Waals surface area contributed by atoms with Gasteiger partial charge < -0.3 is 18.9 Å². The number of nitrogens with zero attached hydrogens (tertiary/aromatic N) is 2. The van der Waals surface area contributed by atoms with Crippen molar-refractivity contribution < 1.29 is 18.9 Å². The van der Waals surface area contributed by atoms with Crippen molar-refractivity contribution in [1.29, 1.82) is 0 Å². The van der Waals surface area contributed by atoms with Crippen LogP contribution >= 0.6 is 11.3 Å². The van der Waals surface area contributed by atoms with Crippen LogP contribution in [-0.2, 0) is 0 Å². The number of hydrogen-bond acceptors (Lipinski definition) is 7. The Morgan fingerprint density at radius 3 is 2.33 bits per heavy atom. The predicted octanol–water partition coefficient (Wildman–Crippen LogP) is 6.27. The van der Waals surface area contributed by atoms with Crippen LogP contribution in [0.3, 0.4) is 0 Å². The van der Waals surface area contributed by atoms with E-state index in [1.807, 2.05) is 79.7 Å². The summed E-state index contributed by atoms with van der Waals surface area (Å²) in [7, 11) is 0. The van der Waals surface area contributed by atoms with Gasteiger partial charge in [0, 0.05) is 0 Å². The molecule has 0 aliphatic carbocycles. The molecule has 0 N–H and O–H groups in total. The average Bonchev–Trinajstić information content (AvgIpc) is 3.48.